The number of rotatable bonds is 3. The molecule has 4 heteroatoms. The molecule has 0 aliphatic rings. The second kappa shape index (κ2) is 3.98. The Bertz CT molecular complexity index is 459. The van der Waals surface area contributed by atoms with Gasteiger partial charge in [0.1, 0.15) is 12.0 Å². The van der Waals surface area contributed by atoms with Gasteiger partial charge in [0.2, 0.25) is 0 Å². The van der Waals surface area contributed by atoms with E-state index in [9.17, 15) is 0 Å². The molecule has 0 radical (unpaired) electrons. The number of nitrogens with one attached hydrogen (secondary N) is 2. The van der Waals surface area contributed by atoms with Gasteiger partial charge in [-0.3, -0.25) is 0 Å². The monoisotopic (exact) mass is 204 g/mol. The Morgan fingerprint density at radius 3 is 2.87 bits per heavy atom. The lowest BCUT2D eigenvalue weighted by Crippen LogP contribution is -2.05. The van der Waals surface area contributed by atoms with Crippen LogP contribution >= 0.6 is 0 Å². The molecule has 4 nitrogen and oxygen atoms in total. The van der Waals surface area contributed by atoms with Gasteiger partial charge in [-0.15, -0.1) is 0 Å². The third kappa shape index (κ3) is 1.72. The molecule has 2 aromatic heterocycles. The van der Waals surface area contributed by atoms with Gasteiger partial charge in [-0.05, 0) is 18.5 Å². The van der Waals surface area contributed by atoms with E-state index in [2.05, 4.69) is 34.1 Å². The second-order valence-corrected chi connectivity index (χ2v) is 3.98. The molecule has 0 aliphatic carbocycles. The van der Waals surface area contributed by atoms with Crippen molar-refractivity contribution in [2.75, 3.05) is 7.05 Å². The molecule has 0 unspecified atom stereocenters. The van der Waals surface area contributed by atoms with Crippen molar-refractivity contribution >= 4 is 11.0 Å². The molecule has 0 fully saturated rings. The quantitative estimate of drug-likeness (QED) is 0.801. The zero-order chi connectivity index (χ0) is 10.8. The lowest BCUT2D eigenvalue weighted by molar-refractivity contribution is 0.808. The van der Waals surface area contributed by atoms with E-state index in [4.69, 9.17) is 0 Å². The largest absolute Gasteiger partial charge is 0.346 e. The molecule has 0 bridgehead atoms. The summed E-state index contributed by atoms with van der Waals surface area (Å²) in [7, 11) is 1.94. The first-order valence-corrected chi connectivity index (χ1v) is 5.19. The summed E-state index contributed by atoms with van der Waals surface area (Å²) in [5, 5.41) is 4.32. The number of H-pyrrole nitrogens is 1. The molecule has 0 saturated heterocycles. The maximum atomic E-state index is 4.36. The molecule has 2 N–H and O–H groups in total. The highest BCUT2D eigenvalue weighted by Crippen LogP contribution is 2.24. The van der Waals surface area contributed by atoms with Crippen LogP contribution in [0.4, 0.5) is 0 Å². The highest BCUT2D eigenvalue weighted by Gasteiger charge is 2.12. The van der Waals surface area contributed by atoms with Crippen LogP contribution in [-0.4, -0.2) is 22.0 Å². The van der Waals surface area contributed by atoms with Gasteiger partial charge in [0.05, 0.1) is 5.69 Å². The minimum Gasteiger partial charge on any atom is -0.346 e. The molecular formula is C11H16N4. The summed E-state index contributed by atoms with van der Waals surface area (Å²) in [6, 6.07) is 0. The van der Waals surface area contributed by atoms with Crippen LogP contribution in [0.25, 0.3) is 11.0 Å². The van der Waals surface area contributed by atoms with E-state index in [1.165, 1.54) is 10.9 Å². The van der Waals surface area contributed by atoms with Crippen molar-refractivity contribution in [2.24, 2.45) is 0 Å². The van der Waals surface area contributed by atoms with Gasteiger partial charge >= 0.3 is 0 Å². The van der Waals surface area contributed by atoms with Crippen molar-refractivity contribution in [3.05, 3.63) is 23.8 Å². The summed E-state index contributed by atoms with van der Waals surface area (Å²) in [4.78, 5) is 11.8. The first kappa shape index (κ1) is 10.1. The van der Waals surface area contributed by atoms with Crippen LogP contribution in [0, 0.1) is 0 Å². The molecular weight excluding hydrogens is 188 g/mol. The number of fused-ring (bicyclic) bond motifs is 1. The maximum absolute atomic E-state index is 4.36. The summed E-state index contributed by atoms with van der Waals surface area (Å²) >= 11 is 0. The Balaban J connectivity index is 2.63. The molecule has 15 heavy (non-hydrogen) atoms. The summed E-state index contributed by atoms with van der Waals surface area (Å²) < 4.78 is 0. The molecule has 2 rings (SSSR count). The van der Waals surface area contributed by atoms with Crippen molar-refractivity contribution in [2.45, 2.75) is 26.3 Å². The van der Waals surface area contributed by atoms with Crippen molar-refractivity contribution in [1.29, 1.82) is 0 Å². The number of hydrogen-bond donors (Lipinski definition) is 2. The van der Waals surface area contributed by atoms with Gasteiger partial charge in [-0.1, -0.05) is 13.8 Å². The van der Waals surface area contributed by atoms with E-state index >= 15 is 0 Å². The third-order valence-corrected chi connectivity index (χ3v) is 2.49. The van der Waals surface area contributed by atoms with Gasteiger partial charge in [-0.25, -0.2) is 9.97 Å². The fraction of sp³-hybridized carbons (Fsp3) is 0.455. The van der Waals surface area contributed by atoms with Gasteiger partial charge in [0.25, 0.3) is 0 Å². The Morgan fingerprint density at radius 2 is 2.20 bits per heavy atom. The van der Waals surface area contributed by atoms with Gasteiger partial charge in [0, 0.05) is 18.1 Å². The minimum absolute atomic E-state index is 0.418. The summed E-state index contributed by atoms with van der Waals surface area (Å²) in [6.07, 6.45) is 3.62. The van der Waals surface area contributed by atoms with Crippen LogP contribution in [-0.2, 0) is 6.54 Å². The van der Waals surface area contributed by atoms with Crippen LogP contribution < -0.4 is 5.32 Å². The number of nitrogens with zero attached hydrogens (tertiary/aromatic N) is 2. The molecule has 80 valence electrons. The molecule has 0 aliphatic heterocycles. The van der Waals surface area contributed by atoms with Crippen LogP contribution in [0.5, 0.6) is 0 Å². The summed E-state index contributed by atoms with van der Waals surface area (Å²) in [5.41, 5.74) is 3.28. The average Bonchev–Trinajstić information content (AvgIpc) is 2.62. The topological polar surface area (TPSA) is 53.6 Å². The van der Waals surface area contributed by atoms with Crippen LogP contribution in [0.2, 0.25) is 0 Å². The Kier molecular flexibility index (Phi) is 2.68. The van der Waals surface area contributed by atoms with Gasteiger partial charge in [-0.2, -0.15) is 0 Å². The lowest BCUT2D eigenvalue weighted by atomic mass is 10.0. The maximum Gasteiger partial charge on any atom is 0.141 e. The first-order chi connectivity index (χ1) is 7.24. The SMILES string of the molecule is CNCc1c[nH]c2ncnc(C(C)C)c12. The predicted molar refractivity (Wildman–Crippen MR) is 60.7 cm³/mol. The smallest absolute Gasteiger partial charge is 0.141 e. The van der Waals surface area contributed by atoms with Gasteiger partial charge in [0.15, 0.2) is 0 Å². The second-order valence-electron chi connectivity index (χ2n) is 3.98. The Hall–Kier alpha value is -1.42. The van der Waals surface area contributed by atoms with Crippen molar-refractivity contribution in [3.8, 4) is 0 Å². The molecule has 2 aromatic rings. The normalized spacial score (nSPS) is 11.5. The number of hydrogen-bond acceptors (Lipinski definition) is 3. The predicted octanol–water partition coefficient (Wildman–Crippen LogP) is 1.80. The Morgan fingerprint density at radius 1 is 1.40 bits per heavy atom. The molecule has 0 atom stereocenters. The highest BCUT2D eigenvalue weighted by molar-refractivity contribution is 5.82. The van der Waals surface area contributed by atoms with Crippen LogP contribution in [0.3, 0.4) is 0 Å². The van der Waals surface area contributed by atoms with E-state index in [1.807, 2.05) is 13.2 Å². The molecule has 0 amide bonds. The van der Waals surface area contributed by atoms with E-state index in [-0.39, 0.29) is 0 Å². The minimum atomic E-state index is 0.418. The molecule has 0 spiro atoms. The van der Waals surface area contributed by atoms with Crippen molar-refractivity contribution < 1.29 is 0 Å². The van der Waals surface area contributed by atoms with Crippen molar-refractivity contribution in [1.82, 2.24) is 20.3 Å². The fourth-order valence-electron chi connectivity index (χ4n) is 1.82. The summed E-state index contributed by atoms with van der Waals surface area (Å²) in [6.45, 7) is 5.14. The van der Waals surface area contributed by atoms with E-state index < -0.39 is 0 Å². The zero-order valence-corrected chi connectivity index (χ0v) is 9.33. The molecule has 2 heterocycles. The zero-order valence-electron chi connectivity index (χ0n) is 9.33. The number of aromatic nitrogens is 3. The summed E-state index contributed by atoms with van der Waals surface area (Å²) in [5.74, 6) is 0.418. The van der Waals surface area contributed by atoms with Crippen molar-refractivity contribution in [3.63, 3.8) is 0 Å². The van der Waals surface area contributed by atoms with E-state index in [0.29, 0.717) is 5.92 Å². The molecule has 0 saturated carbocycles. The lowest BCUT2D eigenvalue weighted by Gasteiger charge is -2.07. The van der Waals surface area contributed by atoms with Gasteiger partial charge < -0.3 is 10.3 Å². The standard InChI is InChI=1S/C11H16N4/c1-7(2)10-9-8(4-12-3)5-13-11(9)15-6-14-10/h5-7,12H,4H2,1-3H3,(H,13,14,15). The first-order valence-electron chi connectivity index (χ1n) is 5.19. The molecule has 0 aromatic carbocycles. The average molecular weight is 204 g/mol. The van der Waals surface area contributed by atoms with E-state index in [0.717, 1.165) is 17.9 Å². The third-order valence-electron chi connectivity index (χ3n) is 2.49. The van der Waals surface area contributed by atoms with Crippen LogP contribution in [0.1, 0.15) is 31.0 Å². The van der Waals surface area contributed by atoms with E-state index in [1.54, 1.807) is 6.33 Å². The van der Waals surface area contributed by atoms with Crippen LogP contribution in [0.15, 0.2) is 12.5 Å². The highest BCUT2D eigenvalue weighted by atomic mass is 14.9. The Labute approximate surface area is 89.1 Å². The fourth-order valence-corrected chi connectivity index (χ4v) is 1.82. The number of aromatic amines is 1.